The van der Waals surface area contributed by atoms with Crippen LogP contribution in [0.5, 0.6) is 0 Å². The lowest BCUT2D eigenvalue weighted by Crippen LogP contribution is -2.05. The number of hydrogen-bond donors (Lipinski definition) is 1. The van der Waals surface area contributed by atoms with Crippen molar-refractivity contribution in [1.82, 2.24) is 0 Å². The molecule has 0 amide bonds. The van der Waals surface area contributed by atoms with Crippen molar-refractivity contribution >= 4 is 0 Å². The monoisotopic (exact) mass is 246 g/mol. The van der Waals surface area contributed by atoms with Gasteiger partial charge in [0.15, 0.2) is 0 Å². The molecule has 1 unspecified atom stereocenters. The van der Waals surface area contributed by atoms with Gasteiger partial charge in [-0.1, -0.05) is 63.3 Å². The van der Waals surface area contributed by atoms with Crippen LogP contribution in [0.3, 0.4) is 0 Å². The molecular formula is C17H26O. The van der Waals surface area contributed by atoms with Crippen LogP contribution in [0.1, 0.15) is 81.4 Å². The van der Waals surface area contributed by atoms with Crippen molar-refractivity contribution in [1.29, 1.82) is 0 Å². The zero-order valence-corrected chi connectivity index (χ0v) is 11.6. The minimum Gasteiger partial charge on any atom is -0.388 e. The minimum atomic E-state index is -0.273. The Morgan fingerprint density at radius 1 is 1.11 bits per heavy atom. The predicted octanol–water partition coefficient (Wildman–Crippen LogP) is 4.96. The molecule has 1 nitrogen and oxygen atoms in total. The fraction of sp³-hybridized carbons (Fsp3) is 0.647. The summed E-state index contributed by atoms with van der Waals surface area (Å²) >= 11 is 0. The molecule has 0 saturated heterocycles. The van der Waals surface area contributed by atoms with Crippen LogP contribution in [0.15, 0.2) is 24.3 Å². The quantitative estimate of drug-likeness (QED) is 0.778. The second kappa shape index (κ2) is 6.94. The molecule has 0 bridgehead atoms. The lowest BCUT2D eigenvalue weighted by Gasteiger charge is -2.22. The molecule has 18 heavy (non-hydrogen) atoms. The lowest BCUT2D eigenvalue weighted by atomic mass is 9.83. The summed E-state index contributed by atoms with van der Waals surface area (Å²) in [6, 6.07) is 8.73. The molecular weight excluding hydrogens is 220 g/mol. The Kier molecular flexibility index (Phi) is 5.25. The van der Waals surface area contributed by atoms with Gasteiger partial charge in [-0.2, -0.15) is 0 Å². The largest absolute Gasteiger partial charge is 0.388 e. The molecule has 100 valence electrons. The van der Waals surface area contributed by atoms with Gasteiger partial charge in [-0.25, -0.2) is 0 Å². The van der Waals surface area contributed by atoms with E-state index in [1.807, 2.05) is 0 Å². The number of rotatable bonds is 5. The van der Waals surface area contributed by atoms with Crippen LogP contribution in [0.2, 0.25) is 0 Å². The van der Waals surface area contributed by atoms with Crippen LogP contribution in [-0.2, 0) is 0 Å². The summed E-state index contributed by atoms with van der Waals surface area (Å²) in [5.41, 5.74) is 2.56. The van der Waals surface area contributed by atoms with E-state index in [1.54, 1.807) is 0 Å². The van der Waals surface area contributed by atoms with Crippen LogP contribution in [0.4, 0.5) is 0 Å². The number of unbranched alkanes of at least 4 members (excludes halogenated alkanes) is 1. The van der Waals surface area contributed by atoms with Crippen molar-refractivity contribution in [3.05, 3.63) is 35.4 Å². The average Bonchev–Trinajstić information content (AvgIpc) is 2.46. The average molecular weight is 246 g/mol. The van der Waals surface area contributed by atoms with Gasteiger partial charge in [0.25, 0.3) is 0 Å². The zero-order chi connectivity index (χ0) is 12.8. The molecule has 0 aliphatic heterocycles. The molecule has 1 aliphatic rings. The van der Waals surface area contributed by atoms with E-state index in [9.17, 15) is 5.11 Å². The van der Waals surface area contributed by atoms with E-state index in [0.717, 1.165) is 30.7 Å². The summed E-state index contributed by atoms with van der Waals surface area (Å²) in [5, 5.41) is 10.1. The number of hydrogen-bond acceptors (Lipinski definition) is 1. The van der Waals surface area contributed by atoms with Crippen molar-refractivity contribution < 1.29 is 5.11 Å². The first-order valence-corrected chi connectivity index (χ1v) is 7.59. The van der Waals surface area contributed by atoms with E-state index in [2.05, 4.69) is 31.2 Å². The summed E-state index contributed by atoms with van der Waals surface area (Å²) in [6.45, 7) is 2.17. The van der Waals surface area contributed by atoms with Gasteiger partial charge in [-0.3, -0.25) is 0 Å². The Hall–Kier alpha value is -0.820. The van der Waals surface area contributed by atoms with Gasteiger partial charge in [-0.15, -0.1) is 0 Å². The van der Waals surface area contributed by atoms with E-state index in [0.29, 0.717) is 0 Å². The van der Waals surface area contributed by atoms with Crippen LogP contribution in [0.25, 0.3) is 0 Å². The Labute approximate surface area is 111 Å². The highest BCUT2D eigenvalue weighted by atomic mass is 16.3. The number of aliphatic hydroxyl groups excluding tert-OH is 1. The summed E-state index contributed by atoms with van der Waals surface area (Å²) in [5.74, 6) is 0.764. The highest BCUT2D eigenvalue weighted by Crippen LogP contribution is 2.33. The first-order valence-electron chi connectivity index (χ1n) is 7.59. The van der Waals surface area contributed by atoms with Crippen molar-refractivity contribution in [3.8, 4) is 0 Å². The zero-order valence-electron chi connectivity index (χ0n) is 11.6. The van der Waals surface area contributed by atoms with Crippen LogP contribution in [0, 0.1) is 0 Å². The van der Waals surface area contributed by atoms with Gasteiger partial charge >= 0.3 is 0 Å². The highest BCUT2D eigenvalue weighted by Gasteiger charge is 2.15. The maximum absolute atomic E-state index is 10.1. The van der Waals surface area contributed by atoms with E-state index in [-0.39, 0.29) is 6.10 Å². The molecule has 1 aromatic carbocycles. The van der Waals surface area contributed by atoms with Crippen LogP contribution in [-0.4, -0.2) is 5.11 Å². The molecule has 1 N–H and O–H groups in total. The fourth-order valence-electron chi connectivity index (χ4n) is 2.99. The van der Waals surface area contributed by atoms with Crippen molar-refractivity contribution in [2.75, 3.05) is 0 Å². The highest BCUT2D eigenvalue weighted by molar-refractivity contribution is 5.27. The van der Waals surface area contributed by atoms with Crippen molar-refractivity contribution in [2.24, 2.45) is 0 Å². The normalized spacial score (nSPS) is 18.8. The Balaban J connectivity index is 1.95. The fourth-order valence-corrected chi connectivity index (χ4v) is 2.99. The van der Waals surface area contributed by atoms with Crippen molar-refractivity contribution in [3.63, 3.8) is 0 Å². The minimum absolute atomic E-state index is 0.273. The molecule has 1 aliphatic carbocycles. The molecule has 0 heterocycles. The third-order valence-corrected chi connectivity index (χ3v) is 4.23. The molecule has 1 fully saturated rings. The summed E-state index contributed by atoms with van der Waals surface area (Å²) in [6.07, 6.45) is 9.73. The van der Waals surface area contributed by atoms with Gasteiger partial charge in [-0.05, 0) is 36.3 Å². The predicted molar refractivity (Wildman–Crippen MR) is 76.8 cm³/mol. The lowest BCUT2D eigenvalue weighted by molar-refractivity contribution is 0.164. The Bertz CT molecular complexity index is 335. The molecule has 2 rings (SSSR count). The molecule has 1 heteroatoms. The second-order valence-corrected chi connectivity index (χ2v) is 5.66. The maximum Gasteiger partial charge on any atom is 0.0790 e. The molecule has 1 saturated carbocycles. The maximum atomic E-state index is 10.1. The molecule has 0 spiro atoms. The first-order chi connectivity index (χ1) is 8.81. The van der Waals surface area contributed by atoms with Crippen LogP contribution < -0.4 is 0 Å². The van der Waals surface area contributed by atoms with Gasteiger partial charge in [0, 0.05) is 0 Å². The van der Waals surface area contributed by atoms with E-state index < -0.39 is 0 Å². The third-order valence-electron chi connectivity index (χ3n) is 4.23. The molecule has 0 radical (unpaired) electrons. The van der Waals surface area contributed by atoms with Gasteiger partial charge in [0.1, 0.15) is 0 Å². The van der Waals surface area contributed by atoms with E-state index in [4.69, 9.17) is 0 Å². The summed E-state index contributed by atoms with van der Waals surface area (Å²) in [4.78, 5) is 0. The summed E-state index contributed by atoms with van der Waals surface area (Å²) < 4.78 is 0. The number of benzene rings is 1. The standard InChI is InChI=1S/C17H26O/c1-2-3-9-17(18)16-12-10-15(11-13-16)14-7-5-4-6-8-14/h10-14,17-18H,2-9H2,1H3. The van der Waals surface area contributed by atoms with Gasteiger partial charge in [0.05, 0.1) is 6.10 Å². The first kappa shape index (κ1) is 13.6. The van der Waals surface area contributed by atoms with Gasteiger partial charge in [0.2, 0.25) is 0 Å². The SMILES string of the molecule is CCCCC(O)c1ccc(C2CCCCC2)cc1. The number of aliphatic hydroxyl groups is 1. The Morgan fingerprint density at radius 3 is 2.39 bits per heavy atom. The van der Waals surface area contributed by atoms with Crippen molar-refractivity contribution in [2.45, 2.75) is 70.3 Å². The van der Waals surface area contributed by atoms with Gasteiger partial charge < -0.3 is 5.11 Å². The molecule has 1 aromatic rings. The second-order valence-electron chi connectivity index (χ2n) is 5.66. The summed E-state index contributed by atoms with van der Waals surface area (Å²) in [7, 11) is 0. The van der Waals surface area contributed by atoms with Crippen LogP contribution >= 0.6 is 0 Å². The van der Waals surface area contributed by atoms with E-state index in [1.165, 1.54) is 37.7 Å². The topological polar surface area (TPSA) is 20.2 Å². The molecule has 1 atom stereocenters. The van der Waals surface area contributed by atoms with E-state index >= 15 is 0 Å². The third kappa shape index (κ3) is 3.58. The smallest absolute Gasteiger partial charge is 0.0790 e. The Morgan fingerprint density at radius 2 is 1.78 bits per heavy atom. The molecule has 0 aromatic heterocycles.